The zero-order valence-corrected chi connectivity index (χ0v) is 35.7. The van der Waals surface area contributed by atoms with Gasteiger partial charge in [0.25, 0.3) is 16.1 Å². The van der Waals surface area contributed by atoms with E-state index in [-0.39, 0.29) is 44.5 Å². The first kappa shape index (κ1) is 43.2. The first-order valence-electron chi connectivity index (χ1n) is 20.2. The average Bonchev–Trinajstić information content (AvgIpc) is 3.49. The summed E-state index contributed by atoms with van der Waals surface area (Å²) >= 11 is 0. The van der Waals surface area contributed by atoms with Crippen molar-refractivity contribution in [1.29, 1.82) is 0 Å². The lowest BCUT2D eigenvalue weighted by atomic mass is 9.84. The van der Waals surface area contributed by atoms with Crippen molar-refractivity contribution < 1.29 is 32.6 Å². The number of hydrogen-bond donors (Lipinski definition) is 3. The minimum Gasteiger partial charge on any atom is -0.508 e. The number of allylic oxidation sites excluding steroid dienone is 2. The van der Waals surface area contributed by atoms with Crippen molar-refractivity contribution in [3.63, 3.8) is 0 Å². The fraction of sp³-hybridized carbons (Fsp3) is 0.512. The molecule has 6 bridgehead atoms. The maximum absolute atomic E-state index is 14.4. The molecule has 58 heavy (non-hydrogen) atoms. The number of aliphatic imine (C=N–C) groups is 1. The number of phenolic OH excluding ortho intramolecular Hbond substituents is 1. The maximum atomic E-state index is 14.4. The molecule has 2 aromatic carbocycles. The summed E-state index contributed by atoms with van der Waals surface area (Å²) in [6.07, 6.45) is 4.66. The maximum Gasteiger partial charge on any atom is 0.324 e. The number of benzene rings is 2. The smallest absolute Gasteiger partial charge is 0.324 e. The van der Waals surface area contributed by atoms with Crippen LogP contribution in [0.4, 0.5) is 0 Å². The number of methoxy groups -OCH3 is 1. The van der Waals surface area contributed by atoms with Gasteiger partial charge in [-0.3, -0.25) is 19.6 Å². The largest absolute Gasteiger partial charge is 0.508 e. The summed E-state index contributed by atoms with van der Waals surface area (Å²) < 4.78 is 45.8. The van der Waals surface area contributed by atoms with E-state index in [1.54, 1.807) is 25.5 Å². The first-order chi connectivity index (χ1) is 27.6. The summed E-state index contributed by atoms with van der Waals surface area (Å²) in [6, 6.07) is 9.24. The summed E-state index contributed by atoms with van der Waals surface area (Å²) in [6.45, 7) is 17.0. The van der Waals surface area contributed by atoms with Crippen molar-refractivity contribution >= 4 is 44.8 Å². The molecule has 2 saturated heterocycles. The predicted molar refractivity (Wildman–Crippen MR) is 227 cm³/mol. The second kappa shape index (κ2) is 17.9. The van der Waals surface area contributed by atoms with E-state index in [2.05, 4.69) is 54.2 Å². The van der Waals surface area contributed by atoms with Crippen LogP contribution in [-0.2, 0) is 48.7 Å². The number of nitrogens with zero attached hydrogens (tertiary/aromatic N) is 5. The Labute approximate surface area is 342 Å². The number of phenols is 1. The molecular formula is C43H59N7O7S. The minimum absolute atomic E-state index is 0.0188. The fourth-order valence-corrected chi connectivity index (χ4v) is 9.58. The zero-order chi connectivity index (χ0) is 41.9. The number of esters is 1. The van der Waals surface area contributed by atoms with Crippen LogP contribution < -0.4 is 10.1 Å². The SMILES string of the molecule is C=C/C(=C(\N=C/C)[C@H](C)OC)c1c2c3cc(ccc3n1CC)-c1cc(O)cc(c1)C[C@H](NS(=O)(=O)N1CCN(C)CC1)C(=O)N1CCC[C@H](N1)C(=O)OCC(C)(C)C2. The summed E-state index contributed by atoms with van der Waals surface area (Å²) in [5.74, 6) is -1.03. The van der Waals surface area contributed by atoms with E-state index in [1.807, 2.05) is 44.0 Å². The molecule has 14 nitrogen and oxygen atoms in total. The number of hydrazine groups is 1. The van der Waals surface area contributed by atoms with Crippen LogP contribution in [0.1, 0.15) is 64.3 Å². The summed E-state index contributed by atoms with van der Waals surface area (Å²) in [5.41, 5.74) is 9.11. The van der Waals surface area contributed by atoms with Gasteiger partial charge < -0.3 is 24.0 Å². The number of rotatable bonds is 9. The number of likely N-dealkylation sites (N-methyl/N-ethyl adjacent to an activating group) is 1. The van der Waals surface area contributed by atoms with Crippen molar-refractivity contribution in [1.82, 2.24) is 28.9 Å². The number of aromatic nitrogens is 1. The normalized spacial score (nSPS) is 22.4. The third kappa shape index (κ3) is 9.24. The lowest BCUT2D eigenvalue weighted by molar-refractivity contribution is -0.155. The monoisotopic (exact) mass is 817 g/mol. The molecule has 0 unspecified atom stereocenters. The Balaban J connectivity index is 1.54. The number of carbonyl (C=O) groups is 2. The van der Waals surface area contributed by atoms with Crippen LogP contribution in [0, 0.1) is 5.41 Å². The van der Waals surface area contributed by atoms with Crippen LogP contribution in [0.25, 0.3) is 27.6 Å². The van der Waals surface area contributed by atoms with Crippen LogP contribution in [0.15, 0.2) is 59.7 Å². The predicted octanol–water partition coefficient (Wildman–Crippen LogP) is 4.67. The number of piperazine rings is 1. The highest BCUT2D eigenvalue weighted by molar-refractivity contribution is 7.87. The number of cyclic esters (lactones) is 1. The Morgan fingerprint density at radius 3 is 2.55 bits per heavy atom. The minimum atomic E-state index is -4.09. The van der Waals surface area contributed by atoms with E-state index in [1.165, 1.54) is 9.31 Å². The summed E-state index contributed by atoms with van der Waals surface area (Å²) in [5, 5.41) is 13.5. The molecule has 0 aliphatic carbocycles. The van der Waals surface area contributed by atoms with E-state index in [9.17, 15) is 23.1 Å². The van der Waals surface area contributed by atoms with Crippen molar-refractivity contribution in [2.24, 2.45) is 10.4 Å². The Hall–Kier alpha value is -4.38. The highest BCUT2D eigenvalue weighted by atomic mass is 32.2. The van der Waals surface area contributed by atoms with E-state index < -0.39 is 39.6 Å². The van der Waals surface area contributed by atoms with Gasteiger partial charge in [-0.15, -0.1) is 0 Å². The topological polar surface area (TPSA) is 158 Å². The van der Waals surface area contributed by atoms with Crippen LogP contribution in [-0.4, -0.2) is 122 Å². The molecule has 4 heterocycles. The molecule has 3 aromatic rings. The standard InChI is InChI=1S/C43H59N7O7S/c1-9-33(39(44-10-2)28(4)56-8)40-35-26-43(5,6)27-57-42(53)36-13-12-16-50(45-36)41(52)37(46-58(54,55)48-19-17-47(7)18-20-48)23-29-21-31(24-32(51)22-29)30-14-15-38(34(35)25-30)49(40)11-3/h9-10,14-15,21-22,24-25,28,36-37,45-46,51H,1,11-13,16-20,23,26-27H2,2-8H3/b39-33+,44-10-/t28-,36-,37-/m0/s1. The number of nitrogens with one attached hydrogen (secondary N) is 2. The van der Waals surface area contributed by atoms with Crippen LogP contribution in [0.3, 0.4) is 0 Å². The number of carbonyl (C=O) groups excluding carboxylic acids is 2. The lowest BCUT2D eigenvalue weighted by Crippen LogP contribution is -2.62. The molecule has 1 amide bonds. The number of aryl methyl sites for hydroxylation is 1. The van der Waals surface area contributed by atoms with Crippen molar-refractivity contribution in [2.45, 2.75) is 85.0 Å². The molecule has 2 fully saturated rings. The van der Waals surface area contributed by atoms with Gasteiger partial charge in [0.2, 0.25) is 0 Å². The van der Waals surface area contributed by atoms with Gasteiger partial charge in [0, 0.05) is 74.5 Å². The Morgan fingerprint density at radius 2 is 1.88 bits per heavy atom. The molecular weight excluding hydrogens is 759 g/mol. The lowest BCUT2D eigenvalue weighted by Gasteiger charge is -2.36. The van der Waals surface area contributed by atoms with Gasteiger partial charge in [-0.25, -0.2) is 5.43 Å². The molecule has 314 valence electrons. The molecule has 3 aliphatic heterocycles. The molecule has 3 atom stereocenters. The van der Waals surface area contributed by atoms with Gasteiger partial charge in [-0.2, -0.15) is 17.4 Å². The molecule has 15 heteroatoms. The molecule has 6 rings (SSSR count). The van der Waals surface area contributed by atoms with Gasteiger partial charge >= 0.3 is 5.97 Å². The molecule has 0 saturated carbocycles. The van der Waals surface area contributed by atoms with Gasteiger partial charge in [0.15, 0.2) is 0 Å². The van der Waals surface area contributed by atoms with Gasteiger partial charge in [0.1, 0.15) is 17.8 Å². The van der Waals surface area contributed by atoms with E-state index >= 15 is 0 Å². The zero-order valence-electron chi connectivity index (χ0n) is 34.9. The molecule has 3 aliphatic rings. The number of ether oxygens (including phenoxy) is 2. The molecule has 1 aromatic heterocycles. The molecule has 3 N–H and O–H groups in total. The van der Waals surface area contributed by atoms with E-state index in [0.717, 1.165) is 39.0 Å². The molecule has 0 spiro atoms. The van der Waals surface area contributed by atoms with Gasteiger partial charge in [-0.1, -0.05) is 38.6 Å². The summed E-state index contributed by atoms with van der Waals surface area (Å²) in [7, 11) is -0.500. The van der Waals surface area contributed by atoms with Crippen molar-refractivity contribution in [3.05, 3.63) is 71.6 Å². The van der Waals surface area contributed by atoms with Crippen molar-refractivity contribution in [2.75, 3.05) is 53.5 Å². The quantitative estimate of drug-likeness (QED) is 0.159. The number of fused-ring (bicyclic) bond motifs is 6. The second-order valence-electron chi connectivity index (χ2n) is 16.3. The second-order valence-corrected chi connectivity index (χ2v) is 18.0. The third-order valence-electron chi connectivity index (χ3n) is 11.4. The average molecular weight is 818 g/mol. The van der Waals surface area contributed by atoms with Crippen LogP contribution in [0.5, 0.6) is 5.75 Å². The summed E-state index contributed by atoms with van der Waals surface area (Å²) in [4.78, 5) is 34.9. The Kier molecular flexibility index (Phi) is 13.3. The third-order valence-corrected chi connectivity index (χ3v) is 13.0. The van der Waals surface area contributed by atoms with Crippen LogP contribution in [0.2, 0.25) is 0 Å². The van der Waals surface area contributed by atoms with Crippen molar-refractivity contribution in [3.8, 4) is 16.9 Å². The molecule has 0 radical (unpaired) electrons. The van der Waals surface area contributed by atoms with Crippen LogP contribution >= 0.6 is 0 Å². The van der Waals surface area contributed by atoms with E-state index in [0.29, 0.717) is 50.0 Å². The number of hydrogen-bond acceptors (Lipinski definition) is 10. The Morgan fingerprint density at radius 1 is 1.14 bits per heavy atom. The Bertz CT molecular complexity index is 2200. The van der Waals surface area contributed by atoms with Gasteiger partial charge in [-0.05, 0) is 100 Å². The van der Waals surface area contributed by atoms with Gasteiger partial charge in [0.05, 0.1) is 24.1 Å². The number of aromatic hydroxyl groups is 1. The fourth-order valence-electron chi connectivity index (χ4n) is 8.24. The highest BCUT2D eigenvalue weighted by Gasteiger charge is 2.37. The first-order valence-corrected chi connectivity index (χ1v) is 21.6. The highest BCUT2D eigenvalue weighted by Crippen LogP contribution is 2.40. The van der Waals surface area contributed by atoms with E-state index in [4.69, 9.17) is 14.5 Å². The number of amides is 1.